The number of hydrogen-bond donors (Lipinski definition) is 1. The van der Waals surface area contributed by atoms with E-state index in [0.29, 0.717) is 12.1 Å². The first kappa shape index (κ1) is 18.5. The summed E-state index contributed by atoms with van der Waals surface area (Å²) in [6, 6.07) is 9.37. The normalized spacial score (nSPS) is 21.0. The standard InChI is InChI=1S/C22H28N6O/c1-15(18-4-3-8-23-18)28-16(2)25-20-14-17(5-6-21(20)28)19-7-9-24-22(26-19)27-10-12-29-13-11-27/h5-7,9,14-15,18,23H,3-4,8,10-13H2,1-2H3. The first-order chi connectivity index (χ1) is 14.2. The summed E-state index contributed by atoms with van der Waals surface area (Å²) >= 11 is 0. The number of morpholine rings is 1. The minimum atomic E-state index is 0.389. The van der Waals surface area contributed by atoms with Crippen LogP contribution in [0.5, 0.6) is 0 Å². The van der Waals surface area contributed by atoms with Crippen LogP contribution in [0.3, 0.4) is 0 Å². The number of nitrogens with zero attached hydrogens (tertiary/aromatic N) is 5. The Bertz CT molecular complexity index is 1000. The lowest BCUT2D eigenvalue weighted by Crippen LogP contribution is -2.37. The van der Waals surface area contributed by atoms with Crippen LogP contribution in [-0.2, 0) is 4.74 Å². The zero-order chi connectivity index (χ0) is 19.8. The van der Waals surface area contributed by atoms with Crippen molar-refractivity contribution < 1.29 is 4.74 Å². The number of ether oxygens (including phenoxy) is 1. The molecule has 0 saturated carbocycles. The third-order valence-electron chi connectivity index (χ3n) is 6.19. The Kier molecular flexibility index (Phi) is 4.93. The lowest BCUT2D eigenvalue weighted by Gasteiger charge is -2.26. The highest BCUT2D eigenvalue weighted by molar-refractivity contribution is 5.82. The van der Waals surface area contributed by atoms with Gasteiger partial charge in [0, 0.05) is 36.9 Å². The molecule has 2 aliphatic heterocycles. The van der Waals surface area contributed by atoms with Crippen LogP contribution in [0.25, 0.3) is 22.3 Å². The Balaban J connectivity index is 1.48. The Labute approximate surface area is 171 Å². The maximum absolute atomic E-state index is 5.44. The zero-order valence-corrected chi connectivity index (χ0v) is 17.1. The monoisotopic (exact) mass is 392 g/mol. The Morgan fingerprint density at radius 2 is 2.03 bits per heavy atom. The fourth-order valence-corrected chi connectivity index (χ4v) is 4.62. The van der Waals surface area contributed by atoms with Crippen LogP contribution < -0.4 is 10.2 Å². The second-order valence-corrected chi connectivity index (χ2v) is 8.02. The van der Waals surface area contributed by atoms with Crippen molar-refractivity contribution in [3.63, 3.8) is 0 Å². The van der Waals surface area contributed by atoms with Crippen molar-refractivity contribution >= 4 is 17.0 Å². The molecule has 5 rings (SSSR count). The smallest absolute Gasteiger partial charge is 0.226 e. The number of hydrogen-bond acceptors (Lipinski definition) is 6. The van der Waals surface area contributed by atoms with Crippen LogP contribution in [0, 0.1) is 6.92 Å². The van der Waals surface area contributed by atoms with E-state index in [2.05, 4.69) is 51.8 Å². The fraction of sp³-hybridized carbons (Fsp3) is 0.500. The molecule has 2 fully saturated rings. The molecule has 152 valence electrons. The van der Waals surface area contributed by atoms with Crippen LogP contribution in [0.1, 0.15) is 31.6 Å². The summed E-state index contributed by atoms with van der Waals surface area (Å²) in [5, 5.41) is 3.63. The van der Waals surface area contributed by atoms with Crippen molar-refractivity contribution in [2.24, 2.45) is 0 Å². The molecule has 7 heteroatoms. The minimum absolute atomic E-state index is 0.389. The molecule has 0 radical (unpaired) electrons. The van der Waals surface area contributed by atoms with Gasteiger partial charge in [-0.25, -0.2) is 15.0 Å². The summed E-state index contributed by atoms with van der Waals surface area (Å²) in [5.41, 5.74) is 4.22. The third-order valence-corrected chi connectivity index (χ3v) is 6.19. The molecule has 2 saturated heterocycles. The molecule has 2 aliphatic rings. The Morgan fingerprint density at radius 3 is 2.83 bits per heavy atom. The van der Waals surface area contributed by atoms with E-state index >= 15 is 0 Å². The number of fused-ring (bicyclic) bond motifs is 1. The molecule has 0 aliphatic carbocycles. The number of anilines is 1. The lowest BCUT2D eigenvalue weighted by atomic mass is 10.1. The van der Waals surface area contributed by atoms with Crippen molar-refractivity contribution in [3.05, 3.63) is 36.3 Å². The highest BCUT2D eigenvalue weighted by Crippen LogP contribution is 2.29. The molecule has 0 spiro atoms. The van der Waals surface area contributed by atoms with Gasteiger partial charge < -0.3 is 19.5 Å². The van der Waals surface area contributed by atoms with E-state index in [4.69, 9.17) is 14.7 Å². The summed E-state index contributed by atoms with van der Waals surface area (Å²) in [5.74, 6) is 1.84. The maximum Gasteiger partial charge on any atom is 0.226 e. The summed E-state index contributed by atoms with van der Waals surface area (Å²) in [6.07, 6.45) is 4.32. The SMILES string of the molecule is Cc1nc2cc(-c3ccnc(N4CCOCC4)n3)ccc2n1C(C)C1CCCN1. The van der Waals surface area contributed by atoms with Gasteiger partial charge in [0.25, 0.3) is 0 Å². The van der Waals surface area contributed by atoms with Gasteiger partial charge >= 0.3 is 0 Å². The first-order valence-electron chi connectivity index (χ1n) is 10.6. The van der Waals surface area contributed by atoms with Gasteiger partial charge in [-0.1, -0.05) is 6.07 Å². The molecule has 1 aromatic carbocycles. The molecule has 29 heavy (non-hydrogen) atoms. The average Bonchev–Trinajstić information content (AvgIpc) is 3.41. The molecule has 3 aromatic rings. The second-order valence-electron chi connectivity index (χ2n) is 8.02. The van der Waals surface area contributed by atoms with E-state index in [1.165, 1.54) is 18.4 Å². The topological polar surface area (TPSA) is 68.1 Å². The number of aromatic nitrogens is 4. The van der Waals surface area contributed by atoms with E-state index in [1.54, 1.807) is 0 Å². The molecular weight excluding hydrogens is 364 g/mol. The highest BCUT2D eigenvalue weighted by Gasteiger charge is 2.25. The van der Waals surface area contributed by atoms with Gasteiger partial charge in [-0.05, 0) is 51.4 Å². The number of aryl methyl sites for hydroxylation is 1. The molecule has 1 N–H and O–H groups in total. The predicted molar refractivity (Wildman–Crippen MR) is 114 cm³/mol. The largest absolute Gasteiger partial charge is 0.378 e. The van der Waals surface area contributed by atoms with E-state index in [-0.39, 0.29) is 0 Å². The van der Waals surface area contributed by atoms with Gasteiger partial charge in [-0.2, -0.15) is 0 Å². The number of nitrogens with one attached hydrogen (secondary N) is 1. The summed E-state index contributed by atoms with van der Waals surface area (Å²) in [4.78, 5) is 16.3. The molecular formula is C22H28N6O. The van der Waals surface area contributed by atoms with Gasteiger partial charge in [0.05, 0.1) is 29.9 Å². The Morgan fingerprint density at radius 1 is 1.17 bits per heavy atom. The maximum atomic E-state index is 5.44. The zero-order valence-electron chi connectivity index (χ0n) is 17.1. The highest BCUT2D eigenvalue weighted by atomic mass is 16.5. The molecule has 2 unspecified atom stereocenters. The summed E-state index contributed by atoms with van der Waals surface area (Å²) < 4.78 is 7.82. The molecule has 0 bridgehead atoms. The van der Waals surface area contributed by atoms with Gasteiger partial charge in [-0.15, -0.1) is 0 Å². The molecule has 7 nitrogen and oxygen atoms in total. The molecule has 4 heterocycles. The molecule has 0 amide bonds. The minimum Gasteiger partial charge on any atom is -0.378 e. The van der Waals surface area contributed by atoms with E-state index in [1.807, 2.05) is 12.3 Å². The van der Waals surface area contributed by atoms with E-state index in [9.17, 15) is 0 Å². The lowest BCUT2D eigenvalue weighted by molar-refractivity contribution is 0.122. The third kappa shape index (κ3) is 3.49. The van der Waals surface area contributed by atoms with Crippen LogP contribution >= 0.6 is 0 Å². The quantitative estimate of drug-likeness (QED) is 0.736. The fourth-order valence-electron chi connectivity index (χ4n) is 4.62. The number of imidazole rings is 1. The first-order valence-corrected chi connectivity index (χ1v) is 10.6. The Hall–Kier alpha value is -2.51. The molecule has 2 atom stereocenters. The predicted octanol–water partition coefficient (Wildman–Crippen LogP) is 2.95. The van der Waals surface area contributed by atoms with Crippen LogP contribution in [-0.4, -0.2) is 58.4 Å². The summed E-state index contributed by atoms with van der Waals surface area (Å²) in [7, 11) is 0. The van der Waals surface area contributed by atoms with Crippen LogP contribution in [0.15, 0.2) is 30.5 Å². The second kappa shape index (κ2) is 7.72. The van der Waals surface area contributed by atoms with Crippen molar-refractivity contribution in [1.82, 2.24) is 24.8 Å². The van der Waals surface area contributed by atoms with E-state index in [0.717, 1.165) is 61.4 Å². The van der Waals surface area contributed by atoms with Crippen molar-refractivity contribution in [2.45, 2.75) is 38.8 Å². The van der Waals surface area contributed by atoms with Crippen molar-refractivity contribution in [3.8, 4) is 11.3 Å². The average molecular weight is 393 g/mol. The van der Waals surface area contributed by atoms with Crippen LogP contribution in [0.2, 0.25) is 0 Å². The van der Waals surface area contributed by atoms with Gasteiger partial charge in [0.15, 0.2) is 0 Å². The summed E-state index contributed by atoms with van der Waals surface area (Å²) in [6.45, 7) is 8.63. The van der Waals surface area contributed by atoms with E-state index < -0.39 is 0 Å². The van der Waals surface area contributed by atoms with Crippen molar-refractivity contribution in [1.29, 1.82) is 0 Å². The number of rotatable bonds is 4. The van der Waals surface area contributed by atoms with Gasteiger partial charge in [0.2, 0.25) is 5.95 Å². The van der Waals surface area contributed by atoms with Crippen molar-refractivity contribution in [2.75, 3.05) is 37.7 Å². The van der Waals surface area contributed by atoms with Gasteiger partial charge in [-0.3, -0.25) is 0 Å². The van der Waals surface area contributed by atoms with Gasteiger partial charge in [0.1, 0.15) is 5.82 Å². The molecule has 2 aromatic heterocycles. The van der Waals surface area contributed by atoms with Crippen LogP contribution in [0.4, 0.5) is 5.95 Å². The number of benzene rings is 1.